The summed E-state index contributed by atoms with van der Waals surface area (Å²) in [6, 6.07) is 4.56. The lowest BCUT2D eigenvalue weighted by Gasteiger charge is -2.32. The van der Waals surface area contributed by atoms with Crippen molar-refractivity contribution in [3.8, 4) is 11.5 Å². The van der Waals surface area contributed by atoms with Gasteiger partial charge in [-0.2, -0.15) is 13.9 Å². The van der Waals surface area contributed by atoms with Crippen LogP contribution in [0.5, 0.6) is 11.5 Å². The van der Waals surface area contributed by atoms with E-state index in [-0.39, 0.29) is 23.0 Å². The molecule has 0 radical (unpaired) electrons. The lowest BCUT2D eigenvalue weighted by Crippen LogP contribution is -2.38. The van der Waals surface area contributed by atoms with Crippen molar-refractivity contribution in [1.82, 2.24) is 15.1 Å². The number of alkyl halides is 2. The number of halogens is 2. The zero-order valence-corrected chi connectivity index (χ0v) is 14.7. The van der Waals surface area contributed by atoms with Crippen molar-refractivity contribution in [2.75, 3.05) is 20.2 Å². The van der Waals surface area contributed by atoms with Crippen molar-refractivity contribution < 1.29 is 23.0 Å². The Labute approximate surface area is 150 Å². The number of carbonyl (C=O) groups excluding carboxylic acids is 1. The second kappa shape index (κ2) is 7.72. The van der Waals surface area contributed by atoms with Gasteiger partial charge in [0.1, 0.15) is 0 Å². The number of carbonyl (C=O) groups is 1. The minimum absolute atomic E-state index is 0.0857. The molecule has 0 bridgehead atoms. The maximum atomic E-state index is 12.9. The summed E-state index contributed by atoms with van der Waals surface area (Å²) < 4.78 is 35.1. The highest BCUT2D eigenvalue weighted by molar-refractivity contribution is 5.98. The number of ether oxygens (including phenoxy) is 2. The first-order valence-electron chi connectivity index (χ1n) is 8.42. The van der Waals surface area contributed by atoms with E-state index in [0.29, 0.717) is 19.0 Å². The number of methoxy groups -OCH3 is 1. The zero-order chi connectivity index (χ0) is 18.7. The average molecular weight is 365 g/mol. The van der Waals surface area contributed by atoms with Crippen LogP contribution in [-0.4, -0.2) is 47.8 Å². The van der Waals surface area contributed by atoms with Crippen molar-refractivity contribution in [3.05, 3.63) is 41.2 Å². The molecule has 8 heteroatoms. The SMILES string of the molecule is COc1cccc(C(=O)N2CCC(c3cn[nH]c3C)CC2)c1OC(F)F. The first kappa shape index (κ1) is 18.2. The molecule has 1 N–H and O–H groups in total. The minimum Gasteiger partial charge on any atom is -0.493 e. The Bertz CT molecular complexity index is 771. The Balaban J connectivity index is 1.75. The predicted molar refractivity (Wildman–Crippen MR) is 90.8 cm³/mol. The number of hydrogen-bond acceptors (Lipinski definition) is 4. The number of aromatic nitrogens is 2. The van der Waals surface area contributed by atoms with Gasteiger partial charge >= 0.3 is 6.61 Å². The highest BCUT2D eigenvalue weighted by Gasteiger charge is 2.29. The quantitative estimate of drug-likeness (QED) is 0.882. The second-order valence-corrected chi connectivity index (χ2v) is 6.23. The Morgan fingerprint density at radius 1 is 1.35 bits per heavy atom. The van der Waals surface area contributed by atoms with Gasteiger partial charge in [0.05, 0.1) is 18.9 Å². The van der Waals surface area contributed by atoms with Gasteiger partial charge < -0.3 is 14.4 Å². The van der Waals surface area contributed by atoms with Crippen LogP contribution in [0.15, 0.2) is 24.4 Å². The molecule has 1 amide bonds. The summed E-state index contributed by atoms with van der Waals surface area (Å²) in [6.45, 7) is 0.0239. The molecular formula is C18H21F2N3O3. The van der Waals surface area contributed by atoms with Crippen molar-refractivity contribution in [1.29, 1.82) is 0 Å². The van der Waals surface area contributed by atoms with E-state index in [0.717, 1.165) is 18.5 Å². The molecule has 1 fully saturated rings. The minimum atomic E-state index is -3.03. The van der Waals surface area contributed by atoms with Crippen LogP contribution in [0.4, 0.5) is 8.78 Å². The molecule has 1 aromatic heterocycles. The number of piperidine rings is 1. The first-order valence-corrected chi connectivity index (χ1v) is 8.42. The van der Waals surface area contributed by atoms with Gasteiger partial charge in [-0.25, -0.2) is 0 Å². The average Bonchev–Trinajstić information content (AvgIpc) is 3.07. The molecule has 0 saturated carbocycles. The summed E-state index contributed by atoms with van der Waals surface area (Å²) in [5.74, 6) is -0.107. The standard InChI is InChI=1S/C18H21F2N3O3/c1-11-14(10-21-22-11)12-6-8-23(9-7-12)17(24)13-4-3-5-15(25-2)16(13)26-18(19)20/h3-5,10,12,18H,6-9H2,1-2H3,(H,21,22). The van der Waals surface area contributed by atoms with E-state index in [1.165, 1.54) is 24.8 Å². The summed E-state index contributed by atoms with van der Waals surface area (Å²) in [5.41, 5.74) is 2.29. The van der Waals surface area contributed by atoms with Crippen molar-refractivity contribution in [3.63, 3.8) is 0 Å². The largest absolute Gasteiger partial charge is 0.493 e. The number of aryl methyl sites for hydroxylation is 1. The lowest BCUT2D eigenvalue weighted by molar-refractivity contribution is -0.0516. The molecular weight excluding hydrogens is 344 g/mol. The number of nitrogens with one attached hydrogen (secondary N) is 1. The number of hydrogen-bond donors (Lipinski definition) is 1. The van der Waals surface area contributed by atoms with E-state index >= 15 is 0 Å². The van der Waals surface area contributed by atoms with E-state index in [9.17, 15) is 13.6 Å². The molecule has 2 heterocycles. The third-order valence-corrected chi connectivity index (χ3v) is 4.73. The number of aromatic amines is 1. The topological polar surface area (TPSA) is 67.5 Å². The monoisotopic (exact) mass is 365 g/mol. The van der Waals surface area contributed by atoms with Gasteiger partial charge in [-0.1, -0.05) is 6.07 Å². The van der Waals surface area contributed by atoms with Crippen LogP contribution in [0.2, 0.25) is 0 Å². The molecule has 0 atom stereocenters. The molecule has 1 saturated heterocycles. The van der Waals surface area contributed by atoms with Gasteiger partial charge in [0.25, 0.3) is 5.91 Å². The summed E-state index contributed by atoms with van der Waals surface area (Å²) in [7, 11) is 1.35. The number of rotatable bonds is 5. The number of likely N-dealkylation sites (tertiary alicyclic amines) is 1. The molecule has 0 unspecified atom stereocenters. The molecule has 26 heavy (non-hydrogen) atoms. The molecule has 140 valence electrons. The summed E-state index contributed by atoms with van der Waals surface area (Å²) in [6.07, 6.45) is 3.41. The summed E-state index contributed by atoms with van der Waals surface area (Å²) in [4.78, 5) is 14.5. The number of H-pyrrole nitrogens is 1. The van der Waals surface area contributed by atoms with Crippen molar-refractivity contribution in [2.24, 2.45) is 0 Å². The Kier molecular flexibility index (Phi) is 5.39. The van der Waals surface area contributed by atoms with Crippen LogP contribution < -0.4 is 9.47 Å². The normalized spacial score (nSPS) is 15.3. The van der Waals surface area contributed by atoms with E-state index in [1.54, 1.807) is 11.0 Å². The third kappa shape index (κ3) is 3.63. The van der Waals surface area contributed by atoms with Crippen molar-refractivity contribution in [2.45, 2.75) is 32.3 Å². The first-order chi connectivity index (χ1) is 12.5. The van der Waals surface area contributed by atoms with Gasteiger partial charge in [-0.15, -0.1) is 0 Å². The van der Waals surface area contributed by atoms with E-state index in [1.807, 2.05) is 13.1 Å². The second-order valence-electron chi connectivity index (χ2n) is 6.23. The molecule has 0 aliphatic carbocycles. The molecule has 0 spiro atoms. The van der Waals surface area contributed by atoms with Gasteiger partial charge in [0.2, 0.25) is 0 Å². The van der Waals surface area contributed by atoms with E-state index < -0.39 is 6.61 Å². The molecule has 1 aliphatic heterocycles. The van der Waals surface area contributed by atoms with Crippen molar-refractivity contribution >= 4 is 5.91 Å². The van der Waals surface area contributed by atoms with Gasteiger partial charge in [-0.05, 0) is 43.4 Å². The fourth-order valence-electron chi connectivity index (χ4n) is 3.39. The number of amides is 1. The van der Waals surface area contributed by atoms with Crippen LogP contribution in [-0.2, 0) is 0 Å². The third-order valence-electron chi connectivity index (χ3n) is 4.73. The van der Waals surface area contributed by atoms with Gasteiger partial charge in [0.15, 0.2) is 11.5 Å². The molecule has 6 nitrogen and oxygen atoms in total. The predicted octanol–water partition coefficient (Wildman–Crippen LogP) is 3.35. The molecule has 1 aromatic carbocycles. The maximum absolute atomic E-state index is 12.9. The summed E-state index contributed by atoms with van der Waals surface area (Å²) in [5, 5.41) is 6.98. The smallest absolute Gasteiger partial charge is 0.387 e. The number of benzene rings is 1. The van der Waals surface area contributed by atoms with Crippen LogP contribution in [0.1, 0.15) is 40.4 Å². The number of para-hydroxylation sites is 1. The maximum Gasteiger partial charge on any atom is 0.387 e. The summed E-state index contributed by atoms with van der Waals surface area (Å²) >= 11 is 0. The Morgan fingerprint density at radius 2 is 2.08 bits per heavy atom. The highest BCUT2D eigenvalue weighted by Crippen LogP contribution is 2.35. The fourth-order valence-corrected chi connectivity index (χ4v) is 3.39. The lowest BCUT2D eigenvalue weighted by atomic mass is 9.89. The van der Waals surface area contributed by atoms with Crippen LogP contribution in [0, 0.1) is 6.92 Å². The van der Waals surface area contributed by atoms with Crippen LogP contribution >= 0.6 is 0 Å². The molecule has 3 rings (SSSR count). The molecule has 2 aromatic rings. The molecule has 1 aliphatic rings. The van der Waals surface area contributed by atoms with E-state index in [2.05, 4.69) is 14.9 Å². The van der Waals surface area contributed by atoms with Gasteiger partial charge in [0, 0.05) is 18.8 Å². The zero-order valence-electron chi connectivity index (χ0n) is 14.7. The van der Waals surface area contributed by atoms with Gasteiger partial charge in [-0.3, -0.25) is 9.89 Å². The Hall–Kier alpha value is -2.64. The Morgan fingerprint density at radius 3 is 2.65 bits per heavy atom. The number of nitrogens with zero attached hydrogens (tertiary/aromatic N) is 2. The van der Waals surface area contributed by atoms with E-state index in [4.69, 9.17) is 4.74 Å². The van der Waals surface area contributed by atoms with Crippen LogP contribution in [0.3, 0.4) is 0 Å². The fraction of sp³-hybridized carbons (Fsp3) is 0.444. The van der Waals surface area contributed by atoms with Crippen LogP contribution in [0.25, 0.3) is 0 Å². The highest BCUT2D eigenvalue weighted by atomic mass is 19.3.